The van der Waals surface area contributed by atoms with Gasteiger partial charge < -0.3 is 0 Å². The predicted octanol–water partition coefficient (Wildman–Crippen LogP) is 1.30. The van der Waals surface area contributed by atoms with E-state index in [2.05, 4.69) is 47.2 Å². The maximum absolute atomic E-state index is 4.34. The van der Waals surface area contributed by atoms with Crippen LogP contribution in [-0.4, -0.2) is 25.7 Å². The van der Waals surface area contributed by atoms with Crippen molar-refractivity contribution < 1.29 is 0 Å². The van der Waals surface area contributed by atoms with E-state index in [1.165, 1.54) is 10.0 Å². The molecule has 0 spiro atoms. The summed E-state index contributed by atoms with van der Waals surface area (Å²) in [6.45, 7) is 2.27. The zero-order valence-corrected chi connectivity index (χ0v) is 10.7. The summed E-state index contributed by atoms with van der Waals surface area (Å²) in [6.07, 6.45) is 5.39. The van der Waals surface area contributed by atoms with Crippen LogP contribution in [0.3, 0.4) is 0 Å². The van der Waals surface area contributed by atoms with Crippen molar-refractivity contribution in [3.05, 3.63) is 54.5 Å². The normalized spacial score (nSPS) is 13.1. The fourth-order valence-corrected chi connectivity index (χ4v) is 3.73. The summed E-state index contributed by atoms with van der Waals surface area (Å²) >= 11 is -0.229. The maximum atomic E-state index is 4.34. The van der Waals surface area contributed by atoms with Crippen molar-refractivity contribution >= 4 is 20.2 Å². The molecule has 0 saturated carbocycles. The number of nitrogens with zero attached hydrogens (tertiary/aromatic N) is 2. The molecule has 0 aliphatic carbocycles. The van der Waals surface area contributed by atoms with Crippen LogP contribution in [0.15, 0.2) is 48.9 Å². The van der Waals surface area contributed by atoms with E-state index in [0.717, 1.165) is 0 Å². The Kier molecular flexibility index (Phi) is 3.52. The molecule has 3 heteroatoms. The van der Waals surface area contributed by atoms with Crippen molar-refractivity contribution in [1.82, 2.24) is 9.97 Å². The Hall–Kier alpha value is -1.14. The van der Waals surface area contributed by atoms with Crippen LogP contribution in [0.5, 0.6) is 0 Å². The molecule has 0 fully saturated rings. The Morgan fingerprint density at radius 3 is 2.60 bits per heavy atom. The van der Waals surface area contributed by atoms with Crippen LogP contribution >= 0.6 is 0 Å². The first-order chi connectivity index (χ1) is 7.36. The van der Waals surface area contributed by atoms with Gasteiger partial charge in [0, 0.05) is 0 Å². The molecule has 1 aromatic heterocycles. The number of hydrogen-bond donors (Lipinski definition) is 0. The number of hydrogen-bond acceptors (Lipinski definition) is 2. The van der Waals surface area contributed by atoms with Crippen LogP contribution in [0.2, 0.25) is 0 Å². The van der Waals surface area contributed by atoms with Crippen LogP contribution in [0.4, 0.5) is 0 Å². The molecule has 0 bridgehead atoms. The van der Waals surface area contributed by atoms with E-state index in [-0.39, 0.29) is 15.8 Å². The zero-order chi connectivity index (χ0) is 10.5. The van der Waals surface area contributed by atoms with Gasteiger partial charge in [-0.05, 0) is 0 Å². The molecule has 2 unspecified atom stereocenters. The predicted molar refractivity (Wildman–Crippen MR) is 63.7 cm³/mol. The molecule has 0 amide bonds. The molecule has 0 N–H and O–H groups in total. The third-order valence-electron chi connectivity index (χ3n) is 2.23. The molecule has 2 aromatic rings. The number of rotatable bonds is 3. The minimum absolute atomic E-state index is 0.229. The van der Waals surface area contributed by atoms with Gasteiger partial charge in [-0.2, -0.15) is 0 Å². The van der Waals surface area contributed by atoms with Crippen molar-refractivity contribution in [2.75, 3.05) is 0 Å². The molecular weight excluding hydrogens is 247 g/mol. The van der Waals surface area contributed by atoms with Gasteiger partial charge in [0.2, 0.25) is 0 Å². The van der Waals surface area contributed by atoms with Crippen molar-refractivity contribution in [3.8, 4) is 0 Å². The molecule has 2 rings (SSSR count). The van der Waals surface area contributed by atoms with E-state index in [1.807, 2.05) is 6.20 Å². The second-order valence-corrected chi connectivity index (χ2v) is 6.86. The Labute approximate surface area is 96.5 Å². The van der Waals surface area contributed by atoms with Gasteiger partial charge in [-0.25, -0.2) is 0 Å². The van der Waals surface area contributed by atoms with E-state index < -0.39 is 0 Å². The van der Waals surface area contributed by atoms with Crippen LogP contribution in [-0.2, 0) is 0 Å². The molecule has 2 atom stereocenters. The van der Waals surface area contributed by atoms with E-state index in [1.54, 1.807) is 12.4 Å². The van der Waals surface area contributed by atoms with Crippen LogP contribution < -0.4 is 4.48 Å². The van der Waals surface area contributed by atoms with Gasteiger partial charge >= 0.3 is 96.3 Å². The second-order valence-electron chi connectivity index (χ2n) is 3.37. The summed E-state index contributed by atoms with van der Waals surface area (Å²) in [5.74, 6) is 0. The van der Waals surface area contributed by atoms with Crippen LogP contribution in [0.25, 0.3) is 0 Å². The van der Waals surface area contributed by atoms with E-state index in [0.29, 0.717) is 4.71 Å². The Bertz CT molecular complexity index is 402. The molecule has 76 valence electrons. The van der Waals surface area contributed by atoms with Crippen molar-refractivity contribution in [1.29, 1.82) is 0 Å². The SMILES string of the molecule is CC([AsH]c1cnccn1)c1ccccc1. The fraction of sp³-hybridized carbons (Fsp3) is 0.167. The first-order valence-electron chi connectivity index (χ1n) is 4.94. The summed E-state index contributed by atoms with van der Waals surface area (Å²) < 4.78 is 1.79. The summed E-state index contributed by atoms with van der Waals surface area (Å²) in [5, 5.41) is 0. The molecule has 1 aromatic carbocycles. The second kappa shape index (κ2) is 5.08. The zero-order valence-electron chi connectivity index (χ0n) is 8.59. The fourth-order valence-electron chi connectivity index (χ4n) is 1.42. The minimum atomic E-state index is -0.229. The standard InChI is InChI=1S/C12H13AsN2/c1-10(11-5-3-2-4-6-11)13-12-9-14-7-8-15-12/h2-10,13H,1H3. The third-order valence-corrected chi connectivity index (χ3v) is 5.00. The van der Waals surface area contributed by atoms with Gasteiger partial charge in [0.15, 0.2) is 0 Å². The molecule has 0 aliphatic heterocycles. The molecule has 0 radical (unpaired) electrons. The molecule has 0 aliphatic rings. The number of aromatic nitrogens is 2. The first kappa shape index (κ1) is 10.4. The van der Waals surface area contributed by atoms with Gasteiger partial charge in [-0.3, -0.25) is 0 Å². The van der Waals surface area contributed by atoms with Crippen molar-refractivity contribution in [3.63, 3.8) is 0 Å². The van der Waals surface area contributed by atoms with Crippen LogP contribution in [0.1, 0.15) is 17.2 Å². The van der Waals surface area contributed by atoms with Gasteiger partial charge in [0.05, 0.1) is 0 Å². The third kappa shape index (κ3) is 2.90. The van der Waals surface area contributed by atoms with Crippen molar-refractivity contribution in [2.45, 2.75) is 11.6 Å². The van der Waals surface area contributed by atoms with E-state index >= 15 is 0 Å². The van der Waals surface area contributed by atoms with E-state index in [9.17, 15) is 0 Å². The number of benzene rings is 1. The Balaban J connectivity index is 2.08. The average molecular weight is 260 g/mol. The van der Waals surface area contributed by atoms with E-state index in [4.69, 9.17) is 0 Å². The van der Waals surface area contributed by atoms with Gasteiger partial charge in [0.25, 0.3) is 0 Å². The average Bonchev–Trinajstić information content (AvgIpc) is 2.31. The van der Waals surface area contributed by atoms with Crippen molar-refractivity contribution in [2.24, 2.45) is 0 Å². The Morgan fingerprint density at radius 2 is 1.93 bits per heavy atom. The summed E-state index contributed by atoms with van der Waals surface area (Å²) in [5.41, 5.74) is 1.41. The molecule has 2 nitrogen and oxygen atoms in total. The van der Waals surface area contributed by atoms with Gasteiger partial charge in [0.1, 0.15) is 0 Å². The quantitative estimate of drug-likeness (QED) is 0.777. The summed E-state index contributed by atoms with van der Waals surface area (Å²) in [4.78, 5) is 8.44. The van der Waals surface area contributed by atoms with Crippen LogP contribution in [0, 0.1) is 0 Å². The summed E-state index contributed by atoms with van der Waals surface area (Å²) in [7, 11) is 0. The molecule has 15 heavy (non-hydrogen) atoms. The monoisotopic (exact) mass is 260 g/mol. The first-order valence-corrected chi connectivity index (χ1v) is 7.20. The molecule has 0 saturated heterocycles. The Morgan fingerprint density at radius 1 is 1.13 bits per heavy atom. The molecular formula is C12H13AsN2. The van der Waals surface area contributed by atoms with Gasteiger partial charge in [-0.15, -0.1) is 0 Å². The van der Waals surface area contributed by atoms with Gasteiger partial charge in [-0.1, -0.05) is 0 Å². The molecule has 1 heterocycles. The summed E-state index contributed by atoms with van der Waals surface area (Å²) in [6, 6.07) is 10.6. The topological polar surface area (TPSA) is 25.8 Å².